The molecule has 2 N–H and O–H groups in total. The molecule has 0 aromatic carbocycles. The zero-order chi connectivity index (χ0) is 12.3. The van der Waals surface area contributed by atoms with Crippen molar-refractivity contribution in [3.63, 3.8) is 0 Å². The standard InChI is InChI=1S/C13H19N3S/c1-3-11-13(14)12(4-2)16(15-11)7-5-10-6-8-17-9-10/h6,8-9H,3-5,7,14H2,1-2H3. The highest BCUT2D eigenvalue weighted by molar-refractivity contribution is 7.07. The predicted molar refractivity (Wildman–Crippen MR) is 73.4 cm³/mol. The number of rotatable bonds is 5. The van der Waals surface area contributed by atoms with Crippen LogP contribution in [0, 0.1) is 0 Å². The summed E-state index contributed by atoms with van der Waals surface area (Å²) in [5, 5.41) is 8.90. The van der Waals surface area contributed by atoms with Crippen LogP contribution in [0.5, 0.6) is 0 Å². The Labute approximate surface area is 106 Å². The molecule has 0 atom stereocenters. The Balaban J connectivity index is 2.14. The molecule has 0 radical (unpaired) electrons. The zero-order valence-corrected chi connectivity index (χ0v) is 11.3. The van der Waals surface area contributed by atoms with Gasteiger partial charge in [-0.1, -0.05) is 13.8 Å². The van der Waals surface area contributed by atoms with Crippen molar-refractivity contribution in [2.75, 3.05) is 5.73 Å². The second-order valence-electron chi connectivity index (χ2n) is 4.12. The number of nitrogens with zero attached hydrogens (tertiary/aromatic N) is 2. The molecule has 0 saturated heterocycles. The third-order valence-corrected chi connectivity index (χ3v) is 3.77. The maximum absolute atomic E-state index is 6.09. The van der Waals surface area contributed by atoms with Crippen LogP contribution in [-0.2, 0) is 25.8 Å². The number of nitrogens with two attached hydrogens (primary N) is 1. The van der Waals surface area contributed by atoms with E-state index in [1.807, 2.05) is 0 Å². The number of aromatic nitrogens is 2. The molecule has 0 aliphatic heterocycles. The summed E-state index contributed by atoms with van der Waals surface area (Å²) in [5.74, 6) is 0. The maximum atomic E-state index is 6.09. The van der Waals surface area contributed by atoms with Gasteiger partial charge in [0.2, 0.25) is 0 Å². The molecule has 0 aliphatic rings. The topological polar surface area (TPSA) is 43.8 Å². The number of hydrogen-bond donors (Lipinski definition) is 1. The van der Waals surface area contributed by atoms with Gasteiger partial charge in [-0.15, -0.1) is 0 Å². The summed E-state index contributed by atoms with van der Waals surface area (Å²) in [6.45, 7) is 5.15. The van der Waals surface area contributed by atoms with Crippen LogP contribution >= 0.6 is 11.3 Å². The first-order valence-electron chi connectivity index (χ1n) is 6.11. The fraction of sp³-hybridized carbons (Fsp3) is 0.462. The van der Waals surface area contributed by atoms with E-state index in [9.17, 15) is 0 Å². The van der Waals surface area contributed by atoms with Crippen LogP contribution in [0.4, 0.5) is 5.69 Å². The highest BCUT2D eigenvalue weighted by Crippen LogP contribution is 2.19. The van der Waals surface area contributed by atoms with Gasteiger partial charge in [0.25, 0.3) is 0 Å². The lowest BCUT2D eigenvalue weighted by molar-refractivity contribution is 0.582. The van der Waals surface area contributed by atoms with Crippen LogP contribution in [0.3, 0.4) is 0 Å². The quantitative estimate of drug-likeness (QED) is 0.885. The number of nitrogen functional groups attached to an aromatic ring is 1. The molecule has 2 aromatic rings. The smallest absolute Gasteiger partial charge is 0.0854 e. The molecule has 0 bridgehead atoms. The third kappa shape index (κ3) is 2.52. The molecular formula is C13H19N3S. The maximum Gasteiger partial charge on any atom is 0.0854 e. The Hall–Kier alpha value is -1.29. The Morgan fingerprint density at radius 2 is 2.18 bits per heavy atom. The van der Waals surface area contributed by atoms with Gasteiger partial charge in [0.15, 0.2) is 0 Å². The molecule has 0 saturated carbocycles. The first-order valence-corrected chi connectivity index (χ1v) is 7.05. The van der Waals surface area contributed by atoms with E-state index in [1.54, 1.807) is 11.3 Å². The van der Waals surface area contributed by atoms with Gasteiger partial charge in [-0.3, -0.25) is 4.68 Å². The second-order valence-corrected chi connectivity index (χ2v) is 4.90. The summed E-state index contributed by atoms with van der Waals surface area (Å²) < 4.78 is 2.08. The summed E-state index contributed by atoms with van der Waals surface area (Å²) in [4.78, 5) is 0. The van der Waals surface area contributed by atoms with Crippen LogP contribution in [0.2, 0.25) is 0 Å². The largest absolute Gasteiger partial charge is 0.396 e. The van der Waals surface area contributed by atoms with E-state index < -0.39 is 0 Å². The van der Waals surface area contributed by atoms with Gasteiger partial charge >= 0.3 is 0 Å². The van der Waals surface area contributed by atoms with Gasteiger partial charge in [-0.25, -0.2) is 0 Å². The van der Waals surface area contributed by atoms with Gasteiger partial charge < -0.3 is 5.73 Å². The lowest BCUT2D eigenvalue weighted by atomic mass is 10.2. The van der Waals surface area contributed by atoms with Gasteiger partial charge in [0.05, 0.1) is 17.1 Å². The fourth-order valence-corrected chi connectivity index (χ4v) is 2.76. The first kappa shape index (κ1) is 12.2. The monoisotopic (exact) mass is 249 g/mol. The fourth-order valence-electron chi connectivity index (χ4n) is 2.05. The van der Waals surface area contributed by atoms with Crippen molar-refractivity contribution in [1.29, 1.82) is 0 Å². The normalized spacial score (nSPS) is 10.9. The summed E-state index contributed by atoms with van der Waals surface area (Å²) in [5.41, 5.74) is 10.6. The zero-order valence-electron chi connectivity index (χ0n) is 10.4. The molecule has 2 heterocycles. The van der Waals surface area contributed by atoms with Crippen molar-refractivity contribution in [3.8, 4) is 0 Å². The number of thiophene rings is 1. The molecule has 0 unspecified atom stereocenters. The Kier molecular flexibility index (Phi) is 3.84. The van der Waals surface area contributed by atoms with Crippen LogP contribution in [-0.4, -0.2) is 9.78 Å². The third-order valence-electron chi connectivity index (χ3n) is 3.04. The Morgan fingerprint density at radius 1 is 1.35 bits per heavy atom. The Bertz CT molecular complexity index is 471. The van der Waals surface area contributed by atoms with E-state index >= 15 is 0 Å². The van der Waals surface area contributed by atoms with Gasteiger partial charge in [-0.2, -0.15) is 16.4 Å². The molecule has 2 rings (SSSR count). The number of anilines is 1. The van der Waals surface area contributed by atoms with Crippen molar-refractivity contribution in [3.05, 3.63) is 33.8 Å². The van der Waals surface area contributed by atoms with Crippen molar-refractivity contribution in [1.82, 2.24) is 9.78 Å². The minimum Gasteiger partial charge on any atom is -0.396 e. The Morgan fingerprint density at radius 3 is 2.76 bits per heavy atom. The van der Waals surface area contributed by atoms with Crippen molar-refractivity contribution in [2.24, 2.45) is 0 Å². The molecule has 0 fully saturated rings. The molecule has 0 aliphatic carbocycles. The van der Waals surface area contributed by atoms with Gasteiger partial charge in [0, 0.05) is 6.54 Å². The molecule has 4 heteroatoms. The average Bonchev–Trinajstić information content (AvgIpc) is 2.94. The van der Waals surface area contributed by atoms with Crippen LogP contribution in [0.15, 0.2) is 16.8 Å². The summed E-state index contributed by atoms with van der Waals surface area (Å²) in [7, 11) is 0. The van der Waals surface area contributed by atoms with E-state index in [-0.39, 0.29) is 0 Å². The summed E-state index contributed by atoms with van der Waals surface area (Å²) >= 11 is 1.74. The number of hydrogen-bond acceptors (Lipinski definition) is 3. The lowest BCUT2D eigenvalue weighted by Gasteiger charge is -2.05. The van der Waals surface area contributed by atoms with E-state index in [4.69, 9.17) is 5.73 Å². The van der Waals surface area contributed by atoms with E-state index in [0.29, 0.717) is 0 Å². The molecule has 0 spiro atoms. The minimum absolute atomic E-state index is 0.889. The predicted octanol–water partition coefficient (Wildman–Crippen LogP) is 2.89. The van der Waals surface area contributed by atoms with Crippen molar-refractivity contribution in [2.45, 2.75) is 39.7 Å². The summed E-state index contributed by atoms with van der Waals surface area (Å²) in [6, 6.07) is 2.17. The average molecular weight is 249 g/mol. The lowest BCUT2D eigenvalue weighted by Crippen LogP contribution is -2.07. The van der Waals surface area contributed by atoms with E-state index in [0.717, 1.165) is 37.2 Å². The molecule has 2 aromatic heterocycles. The van der Waals surface area contributed by atoms with E-state index in [2.05, 4.69) is 40.5 Å². The SMILES string of the molecule is CCc1nn(CCc2ccsc2)c(CC)c1N. The van der Waals surface area contributed by atoms with Gasteiger partial charge in [0.1, 0.15) is 0 Å². The molecule has 3 nitrogen and oxygen atoms in total. The summed E-state index contributed by atoms with van der Waals surface area (Å²) in [6.07, 6.45) is 2.88. The molecule has 17 heavy (non-hydrogen) atoms. The highest BCUT2D eigenvalue weighted by atomic mass is 32.1. The van der Waals surface area contributed by atoms with Crippen LogP contribution in [0.25, 0.3) is 0 Å². The molecular weight excluding hydrogens is 230 g/mol. The second kappa shape index (κ2) is 5.36. The van der Waals surface area contributed by atoms with E-state index in [1.165, 1.54) is 11.3 Å². The van der Waals surface area contributed by atoms with Crippen molar-refractivity contribution < 1.29 is 0 Å². The van der Waals surface area contributed by atoms with Gasteiger partial charge in [-0.05, 0) is 41.7 Å². The van der Waals surface area contributed by atoms with Crippen LogP contribution in [0.1, 0.15) is 30.8 Å². The number of aryl methyl sites for hydroxylation is 3. The highest BCUT2D eigenvalue weighted by Gasteiger charge is 2.12. The molecule has 0 amide bonds. The molecule has 92 valence electrons. The minimum atomic E-state index is 0.889. The van der Waals surface area contributed by atoms with Crippen molar-refractivity contribution >= 4 is 17.0 Å². The van der Waals surface area contributed by atoms with Crippen LogP contribution < -0.4 is 5.73 Å². The first-order chi connectivity index (χ1) is 8.26.